The summed E-state index contributed by atoms with van der Waals surface area (Å²) in [7, 11) is 0. The fourth-order valence-electron chi connectivity index (χ4n) is 2.16. The van der Waals surface area contributed by atoms with Crippen LogP contribution in [0, 0.1) is 12.7 Å². The minimum atomic E-state index is -0.418. The number of aryl methyl sites for hydroxylation is 1. The highest BCUT2D eigenvalue weighted by Gasteiger charge is 2.16. The summed E-state index contributed by atoms with van der Waals surface area (Å²) in [4.78, 5) is 8.46. The van der Waals surface area contributed by atoms with Crippen molar-refractivity contribution >= 4 is 5.82 Å². The second-order valence-electron chi connectivity index (χ2n) is 4.68. The van der Waals surface area contributed by atoms with E-state index in [4.69, 9.17) is 9.47 Å². The van der Waals surface area contributed by atoms with Crippen LogP contribution in [0.4, 0.5) is 10.2 Å². The van der Waals surface area contributed by atoms with E-state index < -0.39 is 5.82 Å². The molecular weight excluding hydrogens is 273 g/mol. The molecule has 0 radical (unpaired) electrons. The van der Waals surface area contributed by atoms with E-state index in [-0.39, 0.29) is 5.82 Å². The van der Waals surface area contributed by atoms with Crippen LogP contribution < -0.4 is 14.8 Å². The molecule has 3 rings (SSSR count). The van der Waals surface area contributed by atoms with Gasteiger partial charge in [0.1, 0.15) is 13.2 Å². The van der Waals surface area contributed by atoms with Gasteiger partial charge in [0, 0.05) is 12.1 Å². The van der Waals surface area contributed by atoms with Crippen LogP contribution in [0.1, 0.15) is 12.6 Å². The van der Waals surface area contributed by atoms with Gasteiger partial charge in [-0.3, -0.25) is 0 Å². The number of halogens is 1. The van der Waals surface area contributed by atoms with E-state index in [0.717, 1.165) is 5.56 Å². The van der Waals surface area contributed by atoms with Crippen molar-refractivity contribution in [3.63, 3.8) is 0 Å². The van der Waals surface area contributed by atoms with Gasteiger partial charge < -0.3 is 14.8 Å². The van der Waals surface area contributed by atoms with Crippen LogP contribution in [-0.4, -0.2) is 29.7 Å². The van der Waals surface area contributed by atoms with Gasteiger partial charge in [0.2, 0.25) is 0 Å². The molecule has 0 spiro atoms. The predicted molar refractivity (Wildman–Crippen MR) is 77.3 cm³/mol. The molecule has 2 aromatic rings. The molecular formula is C15H16FN3O2. The molecule has 21 heavy (non-hydrogen) atoms. The Balaban J connectivity index is 2.03. The second-order valence-corrected chi connectivity index (χ2v) is 4.68. The highest BCUT2D eigenvalue weighted by atomic mass is 19.1. The summed E-state index contributed by atoms with van der Waals surface area (Å²) < 4.78 is 25.0. The van der Waals surface area contributed by atoms with E-state index in [9.17, 15) is 4.39 Å². The first kappa shape index (κ1) is 13.6. The third kappa shape index (κ3) is 2.61. The van der Waals surface area contributed by atoms with Crippen LogP contribution in [-0.2, 0) is 0 Å². The number of ether oxygens (including phenoxy) is 2. The summed E-state index contributed by atoms with van der Waals surface area (Å²) in [5.74, 6) is 1.62. The Morgan fingerprint density at radius 3 is 2.71 bits per heavy atom. The highest BCUT2D eigenvalue weighted by Crippen LogP contribution is 2.34. The lowest BCUT2D eigenvalue weighted by Crippen LogP contribution is -2.15. The monoisotopic (exact) mass is 289 g/mol. The molecule has 0 fully saturated rings. The maximum absolute atomic E-state index is 13.9. The third-order valence-electron chi connectivity index (χ3n) is 3.16. The van der Waals surface area contributed by atoms with Crippen LogP contribution in [0.2, 0.25) is 0 Å². The van der Waals surface area contributed by atoms with E-state index in [1.165, 1.54) is 0 Å². The van der Waals surface area contributed by atoms with Gasteiger partial charge in [-0.2, -0.15) is 0 Å². The lowest BCUT2D eigenvalue weighted by molar-refractivity contribution is 0.171. The van der Waals surface area contributed by atoms with E-state index in [2.05, 4.69) is 15.3 Å². The van der Waals surface area contributed by atoms with Gasteiger partial charge in [-0.1, -0.05) is 0 Å². The molecule has 1 aromatic carbocycles. The van der Waals surface area contributed by atoms with Crippen molar-refractivity contribution in [2.24, 2.45) is 0 Å². The number of anilines is 1. The van der Waals surface area contributed by atoms with Gasteiger partial charge in [0.15, 0.2) is 29.0 Å². The zero-order chi connectivity index (χ0) is 14.8. The van der Waals surface area contributed by atoms with E-state index in [0.29, 0.717) is 42.8 Å². The minimum absolute atomic E-state index is 0.217. The molecule has 1 aromatic heterocycles. The molecule has 0 unspecified atom stereocenters. The van der Waals surface area contributed by atoms with Gasteiger partial charge in [-0.25, -0.2) is 14.4 Å². The van der Waals surface area contributed by atoms with Crippen molar-refractivity contribution < 1.29 is 13.9 Å². The smallest absolute Gasteiger partial charge is 0.186 e. The van der Waals surface area contributed by atoms with Crippen molar-refractivity contribution in [1.82, 2.24) is 9.97 Å². The molecule has 0 aliphatic carbocycles. The van der Waals surface area contributed by atoms with Crippen LogP contribution >= 0.6 is 0 Å². The molecule has 110 valence electrons. The Kier molecular flexibility index (Phi) is 3.60. The zero-order valence-corrected chi connectivity index (χ0v) is 11.9. The average Bonchev–Trinajstić information content (AvgIpc) is 2.51. The van der Waals surface area contributed by atoms with E-state index in [1.54, 1.807) is 6.92 Å². The fourth-order valence-corrected chi connectivity index (χ4v) is 2.16. The van der Waals surface area contributed by atoms with Crippen molar-refractivity contribution in [2.75, 3.05) is 25.1 Å². The Bertz CT molecular complexity index is 676. The number of hydrogen-bond donors (Lipinski definition) is 1. The molecule has 0 bridgehead atoms. The Morgan fingerprint density at radius 1 is 1.19 bits per heavy atom. The third-order valence-corrected chi connectivity index (χ3v) is 3.16. The largest absolute Gasteiger partial charge is 0.486 e. The van der Waals surface area contributed by atoms with Crippen LogP contribution in [0.5, 0.6) is 11.5 Å². The van der Waals surface area contributed by atoms with Crippen molar-refractivity contribution in [1.29, 1.82) is 0 Å². The lowest BCUT2D eigenvalue weighted by atomic mass is 10.1. The lowest BCUT2D eigenvalue weighted by Gasteiger charge is -2.18. The Morgan fingerprint density at radius 2 is 1.95 bits per heavy atom. The molecule has 5 nitrogen and oxygen atoms in total. The molecule has 1 aliphatic rings. The predicted octanol–water partition coefficient (Wildman–Crippen LogP) is 2.79. The number of rotatable bonds is 3. The summed E-state index contributed by atoms with van der Waals surface area (Å²) >= 11 is 0. The summed E-state index contributed by atoms with van der Waals surface area (Å²) in [6.07, 6.45) is 0. The first-order valence-electron chi connectivity index (χ1n) is 6.87. The van der Waals surface area contributed by atoms with Crippen molar-refractivity contribution in [3.8, 4) is 22.9 Å². The molecule has 2 heterocycles. The number of benzene rings is 1. The molecule has 0 amide bonds. The van der Waals surface area contributed by atoms with Gasteiger partial charge in [0.05, 0.1) is 5.69 Å². The highest BCUT2D eigenvalue weighted by molar-refractivity contribution is 5.63. The van der Waals surface area contributed by atoms with Gasteiger partial charge >= 0.3 is 0 Å². The van der Waals surface area contributed by atoms with E-state index in [1.807, 2.05) is 25.1 Å². The minimum Gasteiger partial charge on any atom is -0.486 e. The Labute approximate surface area is 122 Å². The number of nitrogens with one attached hydrogen (secondary N) is 1. The molecule has 0 saturated carbocycles. The topological polar surface area (TPSA) is 56.3 Å². The molecule has 1 aliphatic heterocycles. The molecule has 6 heteroatoms. The second kappa shape index (κ2) is 5.55. The number of nitrogens with zero attached hydrogens (tertiary/aromatic N) is 2. The zero-order valence-electron chi connectivity index (χ0n) is 11.9. The standard InChI is InChI=1S/C15H16FN3O2/c1-3-17-15-13(16)9(2)18-14(19-15)10-4-5-11-12(8-10)21-7-6-20-11/h4-5,8H,3,6-7H2,1-2H3,(H,17,18,19). The van der Waals surface area contributed by atoms with Crippen molar-refractivity contribution in [3.05, 3.63) is 29.7 Å². The summed E-state index contributed by atoms with van der Waals surface area (Å²) in [6.45, 7) is 5.17. The van der Waals surface area contributed by atoms with Crippen molar-refractivity contribution in [2.45, 2.75) is 13.8 Å². The average molecular weight is 289 g/mol. The van der Waals surface area contributed by atoms with Gasteiger partial charge in [-0.15, -0.1) is 0 Å². The Hall–Kier alpha value is -2.37. The molecule has 1 N–H and O–H groups in total. The number of fused-ring (bicyclic) bond motifs is 1. The SMILES string of the molecule is CCNc1nc(-c2ccc3c(c2)OCCO3)nc(C)c1F. The number of aromatic nitrogens is 2. The summed E-state index contributed by atoms with van der Waals surface area (Å²) in [6, 6.07) is 5.48. The fraction of sp³-hybridized carbons (Fsp3) is 0.333. The first-order chi connectivity index (χ1) is 10.2. The van der Waals surface area contributed by atoms with Crippen LogP contribution in [0.25, 0.3) is 11.4 Å². The summed E-state index contributed by atoms with van der Waals surface area (Å²) in [5, 5.41) is 2.91. The summed E-state index contributed by atoms with van der Waals surface area (Å²) in [5.41, 5.74) is 1.08. The van der Waals surface area contributed by atoms with Crippen LogP contribution in [0.3, 0.4) is 0 Å². The molecule has 0 atom stereocenters. The maximum Gasteiger partial charge on any atom is 0.186 e. The van der Waals surface area contributed by atoms with Crippen LogP contribution in [0.15, 0.2) is 18.2 Å². The van der Waals surface area contributed by atoms with E-state index >= 15 is 0 Å². The normalized spacial score (nSPS) is 13.1. The van der Waals surface area contributed by atoms with Gasteiger partial charge in [-0.05, 0) is 32.0 Å². The van der Waals surface area contributed by atoms with Gasteiger partial charge in [0.25, 0.3) is 0 Å². The quantitative estimate of drug-likeness (QED) is 0.941. The maximum atomic E-state index is 13.9. The molecule has 0 saturated heterocycles. The number of hydrogen-bond acceptors (Lipinski definition) is 5. The first-order valence-corrected chi connectivity index (χ1v) is 6.87.